The molecular formula is C14H19ClO2. The molecule has 2 atom stereocenters. The van der Waals surface area contributed by atoms with Crippen molar-refractivity contribution < 1.29 is 9.84 Å². The first-order chi connectivity index (χ1) is 7.89. The quantitative estimate of drug-likeness (QED) is 0.866. The van der Waals surface area contributed by atoms with Crippen LogP contribution in [0.2, 0.25) is 5.02 Å². The van der Waals surface area contributed by atoms with E-state index < -0.39 is 6.10 Å². The second-order valence-electron chi connectivity index (χ2n) is 5.55. The molecule has 1 aliphatic heterocycles. The van der Waals surface area contributed by atoms with Crippen molar-refractivity contribution in [2.75, 3.05) is 0 Å². The Balaban J connectivity index is 2.30. The van der Waals surface area contributed by atoms with E-state index in [-0.39, 0.29) is 5.60 Å². The predicted octanol–water partition coefficient (Wildman–Crippen LogP) is 3.96. The van der Waals surface area contributed by atoms with E-state index in [1.165, 1.54) is 0 Å². The van der Waals surface area contributed by atoms with Crippen LogP contribution in [0, 0.1) is 5.92 Å². The van der Waals surface area contributed by atoms with Gasteiger partial charge in [0.25, 0.3) is 0 Å². The fourth-order valence-electron chi connectivity index (χ4n) is 2.69. The average Bonchev–Trinajstić information content (AvgIpc) is 2.17. The van der Waals surface area contributed by atoms with Crippen molar-refractivity contribution in [2.24, 2.45) is 5.92 Å². The van der Waals surface area contributed by atoms with Gasteiger partial charge in [-0.05, 0) is 37.5 Å². The summed E-state index contributed by atoms with van der Waals surface area (Å²) in [6, 6.07) is 5.43. The van der Waals surface area contributed by atoms with Gasteiger partial charge in [0, 0.05) is 17.0 Å². The standard InChI is InChI=1S/C14H19ClO2/c1-9(2)7-14(3)8-12(16)11-6-10(15)4-5-13(11)17-14/h4-6,9,12,16H,7-8H2,1-3H3/t12-,14?/m0/s1. The molecule has 1 aromatic rings. The maximum atomic E-state index is 10.2. The molecule has 1 heterocycles. The van der Waals surface area contributed by atoms with Crippen molar-refractivity contribution in [3.05, 3.63) is 28.8 Å². The van der Waals surface area contributed by atoms with Crippen LogP contribution in [0.15, 0.2) is 18.2 Å². The minimum Gasteiger partial charge on any atom is -0.487 e. The molecule has 0 aliphatic carbocycles. The Kier molecular flexibility index (Phi) is 3.37. The van der Waals surface area contributed by atoms with E-state index >= 15 is 0 Å². The molecular weight excluding hydrogens is 236 g/mol. The minimum absolute atomic E-state index is 0.283. The molecule has 0 bridgehead atoms. The van der Waals surface area contributed by atoms with Crippen molar-refractivity contribution in [2.45, 2.75) is 45.3 Å². The van der Waals surface area contributed by atoms with Crippen LogP contribution in [0.5, 0.6) is 5.75 Å². The third kappa shape index (κ3) is 2.75. The maximum absolute atomic E-state index is 10.2. The van der Waals surface area contributed by atoms with Gasteiger partial charge in [-0.25, -0.2) is 0 Å². The number of halogens is 1. The summed E-state index contributed by atoms with van der Waals surface area (Å²) in [7, 11) is 0. The lowest BCUT2D eigenvalue weighted by molar-refractivity contribution is -0.0144. The monoisotopic (exact) mass is 254 g/mol. The van der Waals surface area contributed by atoms with Crippen molar-refractivity contribution >= 4 is 11.6 Å². The van der Waals surface area contributed by atoms with Crippen molar-refractivity contribution in [3.63, 3.8) is 0 Å². The molecule has 0 saturated carbocycles. The summed E-state index contributed by atoms with van der Waals surface area (Å²) >= 11 is 5.93. The number of hydrogen-bond donors (Lipinski definition) is 1. The fourth-order valence-corrected chi connectivity index (χ4v) is 2.87. The summed E-state index contributed by atoms with van der Waals surface area (Å²) in [5, 5.41) is 10.8. The van der Waals surface area contributed by atoms with Crippen LogP contribution >= 0.6 is 11.6 Å². The largest absolute Gasteiger partial charge is 0.487 e. The normalized spacial score (nSPS) is 27.8. The average molecular weight is 255 g/mol. The molecule has 1 unspecified atom stereocenters. The Labute approximate surface area is 108 Å². The van der Waals surface area contributed by atoms with Gasteiger partial charge in [-0.3, -0.25) is 0 Å². The zero-order valence-corrected chi connectivity index (χ0v) is 11.3. The van der Waals surface area contributed by atoms with E-state index in [2.05, 4.69) is 20.8 Å². The molecule has 1 N–H and O–H groups in total. The highest BCUT2D eigenvalue weighted by Crippen LogP contribution is 2.42. The number of aliphatic hydroxyl groups excluding tert-OH is 1. The van der Waals surface area contributed by atoms with E-state index in [1.54, 1.807) is 12.1 Å². The van der Waals surface area contributed by atoms with Crippen LogP contribution in [-0.4, -0.2) is 10.7 Å². The molecule has 17 heavy (non-hydrogen) atoms. The lowest BCUT2D eigenvalue weighted by atomic mass is 9.84. The maximum Gasteiger partial charge on any atom is 0.126 e. The Morgan fingerprint density at radius 1 is 1.53 bits per heavy atom. The molecule has 1 aliphatic rings. The first-order valence-corrected chi connectivity index (χ1v) is 6.44. The number of ether oxygens (including phenoxy) is 1. The first-order valence-electron chi connectivity index (χ1n) is 6.06. The van der Waals surface area contributed by atoms with Crippen molar-refractivity contribution in [3.8, 4) is 5.75 Å². The van der Waals surface area contributed by atoms with E-state index in [4.69, 9.17) is 16.3 Å². The summed E-state index contributed by atoms with van der Waals surface area (Å²) in [4.78, 5) is 0. The third-order valence-corrected chi connectivity index (χ3v) is 3.39. The Bertz CT molecular complexity index is 417. The molecule has 2 rings (SSSR count). The molecule has 0 spiro atoms. The van der Waals surface area contributed by atoms with Crippen LogP contribution in [0.1, 0.15) is 45.3 Å². The molecule has 3 heteroatoms. The predicted molar refractivity (Wildman–Crippen MR) is 69.5 cm³/mol. The second-order valence-corrected chi connectivity index (χ2v) is 5.99. The van der Waals surface area contributed by atoms with Gasteiger partial charge in [0.15, 0.2) is 0 Å². The molecule has 0 aromatic heterocycles. The first kappa shape index (κ1) is 12.7. The fraction of sp³-hybridized carbons (Fsp3) is 0.571. The topological polar surface area (TPSA) is 29.5 Å². The Morgan fingerprint density at radius 3 is 2.88 bits per heavy atom. The van der Waals surface area contributed by atoms with Crippen LogP contribution < -0.4 is 4.74 Å². The van der Waals surface area contributed by atoms with Gasteiger partial charge in [0.05, 0.1) is 6.10 Å². The SMILES string of the molecule is CC(C)CC1(C)C[C@H](O)c2cc(Cl)ccc2O1. The minimum atomic E-state index is -0.485. The molecule has 0 fully saturated rings. The van der Waals surface area contributed by atoms with E-state index in [1.807, 2.05) is 6.07 Å². The van der Waals surface area contributed by atoms with E-state index in [9.17, 15) is 5.11 Å². The summed E-state index contributed by atoms with van der Waals surface area (Å²) in [5.74, 6) is 1.30. The summed E-state index contributed by atoms with van der Waals surface area (Å²) in [6.07, 6.45) is 1.08. The Hall–Kier alpha value is -0.730. The van der Waals surface area contributed by atoms with Crippen molar-refractivity contribution in [1.82, 2.24) is 0 Å². The van der Waals surface area contributed by atoms with Gasteiger partial charge >= 0.3 is 0 Å². The number of aliphatic hydroxyl groups is 1. The van der Waals surface area contributed by atoms with Gasteiger partial charge < -0.3 is 9.84 Å². The third-order valence-electron chi connectivity index (χ3n) is 3.15. The highest BCUT2D eigenvalue weighted by molar-refractivity contribution is 6.30. The van der Waals surface area contributed by atoms with Crippen LogP contribution in [-0.2, 0) is 0 Å². The summed E-state index contributed by atoms with van der Waals surface area (Å²) in [6.45, 7) is 6.39. The lowest BCUT2D eigenvalue weighted by Gasteiger charge is -2.39. The van der Waals surface area contributed by atoms with Crippen molar-refractivity contribution in [1.29, 1.82) is 0 Å². The van der Waals surface area contributed by atoms with Crippen LogP contribution in [0.4, 0.5) is 0 Å². The van der Waals surface area contributed by atoms with E-state index in [0.29, 0.717) is 17.4 Å². The summed E-state index contributed by atoms with van der Waals surface area (Å²) < 4.78 is 6.04. The number of rotatable bonds is 2. The van der Waals surface area contributed by atoms with Crippen LogP contribution in [0.25, 0.3) is 0 Å². The van der Waals surface area contributed by atoms with Gasteiger partial charge in [0.2, 0.25) is 0 Å². The number of fused-ring (bicyclic) bond motifs is 1. The molecule has 94 valence electrons. The number of hydrogen-bond acceptors (Lipinski definition) is 2. The second kappa shape index (κ2) is 4.51. The zero-order valence-electron chi connectivity index (χ0n) is 10.5. The van der Waals surface area contributed by atoms with Crippen LogP contribution in [0.3, 0.4) is 0 Å². The number of benzene rings is 1. The van der Waals surface area contributed by atoms with Gasteiger partial charge in [-0.1, -0.05) is 25.4 Å². The molecule has 0 saturated heterocycles. The smallest absolute Gasteiger partial charge is 0.126 e. The van der Waals surface area contributed by atoms with Gasteiger partial charge in [-0.15, -0.1) is 0 Å². The van der Waals surface area contributed by atoms with E-state index in [0.717, 1.165) is 17.7 Å². The molecule has 0 amide bonds. The van der Waals surface area contributed by atoms with Gasteiger partial charge in [-0.2, -0.15) is 0 Å². The highest BCUT2D eigenvalue weighted by atomic mass is 35.5. The highest BCUT2D eigenvalue weighted by Gasteiger charge is 2.36. The van der Waals surface area contributed by atoms with Gasteiger partial charge in [0.1, 0.15) is 11.4 Å². The zero-order chi connectivity index (χ0) is 12.6. The summed E-state index contributed by atoms with van der Waals surface area (Å²) in [5.41, 5.74) is 0.521. The lowest BCUT2D eigenvalue weighted by Crippen LogP contribution is -2.39. The molecule has 0 radical (unpaired) electrons. The molecule has 2 nitrogen and oxygen atoms in total. The molecule has 1 aromatic carbocycles. The Morgan fingerprint density at radius 2 is 2.24 bits per heavy atom.